The third kappa shape index (κ3) is 4.64. The van der Waals surface area contributed by atoms with Gasteiger partial charge in [-0.05, 0) is 55.4 Å². The van der Waals surface area contributed by atoms with Crippen LogP contribution in [0.4, 0.5) is 0 Å². The maximum absolute atomic E-state index is 12.7. The quantitative estimate of drug-likeness (QED) is 0.428. The SMILES string of the molecule is Cc1nc2nc(SCC(=O)N[C@@H]3CCCc4ccccc43)nn2c(C)c1Cc1ccccc1. The van der Waals surface area contributed by atoms with Crippen molar-refractivity contribution in [2.75, 3.05) is 5.75 Å². The maximum atomic E-state index is 12.7. The second kappa shape index (κ2) is 9.35. The van der Waals surface area contributed by atoms with Crippen molar-refractivity contribution in [1.29, 1.82) is 0 Å². The Morgan fingerprint density at radius 2 is 1.88 bits per heavy atom. The van der Waals surface area contributed by atoms with Gasteiger partial charge in [-0.15, -0.1) is 5.10 Å². The largest absolute Gasteiger partial charge is 0.349 e. The van der Waals surface area contributed by atoms with Gasteiger partial charge in [-0.2, -0.15) is 4.98 Å². The lowest BCUT2D eigenvalue weighted by Crippen LogP contribution is -2.32. The Morgan fingerprint density at radius 1 is 1.09 bits per heavy atom. The third-order valence-corrected chi connectivity index (χ3v) is 7.13. The Morgan fingerprint density at radius 3 is 2.73 bits per heavy atom. The highest BCUT2D eigenvalue weighted by atomic mass is 32.2. The first kappa shape index (κ1) is 21.6. The molecule has 1 aliphatic carbocycles. The van der Waals surface area contributed by atoms with E-state index in [1.54, 1.807) is 4.52 Å². The molecule has 7 heteroatoms. The molecule has 0 unspecified atom stereocenters. The van der Waals surface area contributed by atoms with Crippen LogP contribution < -0.4 is 5.32 Å². The van der Waals surface area contributed by atoms with Gasteiger partial charge in [0.15, 0.2) is 0 Å². The van der Waals surface area contributed by atoms with Crippen LogP contribution in [0.15, 0.2) is 59.8 Å². The van der Waals surface area contributed by atoms with Crippen molar-refractivity contribution >= 4 is 23.4 Å². The fraction of sp³-hybridized carbons (Fsp3) is 0.308. The monoisotopic (exact) mass is 457 g/mol. The zero-order valence-electron chi connectivity index (χ0n) is 18.9. The van der Waals surface area contributed by atoms with Crippen molar-refractivity contribution in [1.82, 2.24) is 24.9 Å². The molecule has 33 heavy (non-hydrogen) atoms. The predicted molar refractivity (Wildman–Crippen MR) is 130 cm³/mol. The van der Waals surface area contributed by atoms with Gasteiger partial charge in [0, 0.05) is 17.8 Å². The second-order valence-corrected chi connectivity index (χ2v) is 9.47. The molecule has 2 aromatic carbocycles. The highest BCUT2D eigenvalue weighted by Gasteiger charge is 2.22. The van der Waals surface area contributed by atoms with E-state index in [2.05, 4.69) is 57.6 Å². The number of nitrogens with zero attached hydrogens (tertiary/aromatic N) is 4. The van der Waals surface area contributed by atoms with Crippen LogP contribution in [0.1, 0.15) is 52.5 Å². The number of nitrogens with one attached hydrogen (secondary N) is 1. The molecular weight excluding hydrogens is 430 g/mol. The number of hydrogen-bond donors (Lipinski definition) is 1. The summed E-state index contributed by atoms with van der Waals surface area (Å²) in [5.74, 6) is 0.863. The zero-order valence-corrected chi connectivity index (χ0v) is 19.7. The molecule has 4 aromatic rings. The number of carbonyl (C=O) groups is 1. The minimum absolute atomic E-state index is 0.00573. The van der Waals surface area contributed by atoms with Gasteiger partial charge < -0.3 is 5.32 Å². The van der Waals surface area contributed by atoms with E-state index >= 15 is 0 Å². The van der Waals surface area contributed by atoms with E-state index in [0.29, 0.717) is 10.9 Å². The minimum Gasteiger partial charge on any atom is -0.349 e. The Labute approximate surface area is 197 Å². The molecule has 0 bridgehead atoms. The van der Waals surface area contributed by atoms with Gasteiger partial charge >= 0.3 is 0 Å². The fourth-order valence-corrected chi connectivity index (χ4v) is 5.21. The molecule has 0 spiro atoms. The van der Waals surface area contributed by atoms with E-state index in [0.717, 1.165) is 42.6 Å². The summed E-state index contributed by atoms with van der Waals surface area (Å²) < 4.78 is 1.79. The van der Waals surface area contributed by atoms with Crippen molar-refractivity contribution < 1.29 is 4.79 Å². The Bertz CT molecular complexity index is 1300. The molecule has 0 saturated heterocycles. The number of amides is 1. The lowest BCUT2D eigenvalue weighted by atomic mass is 9.88. The van der Waals surface area contributed by atoms with Crippen molar-refractivity contribution in [3.8, 4) is 0 Å². The summed E-state index contributed by atoms with van der Waals surface area (Å²) in [5.41, 5.74) is 6.97. The highest BCUT2D eigenvalue weighted by molar-refractivity contribution is 7.99. The Hall–Kier alpha value is -3.19. The molecule has 5 rings (SSSR count). The van der Waals surface area contributed by atoms with Gasteiger partial charge in [0.2, 0.25) is 11.1 Å². The van der Waals surface area contributed by atoms with E-state index in [1.165, 1.54) is 28.5 Å². The van der Waals surface area contributed by atoms with Gasteiger partial charge in [0.25, 0.3) is 5.78 Å². The number of thioether (sulfide) groups is 1. The molecule has 0 saturated carbocycles. The van der Waals surface area contributed by atoms with Gasteiger partial charge in [0.1, 0.15) is 0 Å². The van der Waals surface area contributed by atoms with Crippen molar-refractivity contribution in [3.05, 3.63) is 88.2 Å². The smallest absolute Gasteiger partial charge is 0.253 e. The Kier molecular flexibility index (Phi) is 6.13. The highest BCUT2D eigenvalue weighted by Crippen LogP contribution is 2.29. The fourth-order valence-electron chi connectivity index (χ4n) is 4.58. The van der Waals surface area contributed by atoms with Gasteiger partial charge in [-0.3, -0.25) is 4.79 Å². The molecule has 168 valence electrons. The van der Waals surface area contributed by atoms with Crippen molar-refractivity contribution in [3.63, 3.8) is 0 Å². The van der Waals surface area contributed by atoms with Crippen LogP contribution in [0.5, 0.6) is 0 Å². The Balaban J connectivity index is 1.28. The van der Waals surface area contributed by atoms with Gasteiger partial charge in [0.05, 0.1) is 11.8 Å². The number of carbonyl (C=O) groups excluding carboxylic acids is 1. The first-order valence-corrected chi connectivity index (χ1v) is 12.3. The van der Waals surface area contributed by atoms with Crippen LogP contribution in [0.25, 0.3) is 5.78 Å². The molecule has 1 amide bonds. The predicted octanol–water partition coefficient (Wildman–Crippen LogP) is 4.62. The zero-order chi connectivity index (χ0) is 22.8. The molecule has 2 aromatic heterocycles. The second-order valence-electron chi connectivity index (χ2n) is 8.53. The molecule has 0 fully saturated rings. The van der Waals surface area contributed by atoms with E-state index in [-0.39, 0.29) is 17.7 Å². The first-order chi connectivity index (χ1) is 16.1. The van der Waals surface area contributed by atoms with E-state index in [4.69, 9.17) is 0 Å². The number of fused-ring (bicyclic) bond motifs is 2. The molecule has 2 heterocycles. The van der Waals surface area contributed by atoms with Crippen LogP contribution >= 0.6 is 11.8 Å². The number of hydrogen-bond acceptors (Lipinski definition) is 5. The molecule has 0 radical (unpaired) electrons. The van der Waals surface area contributed by atoms with E-state index in [9.17, 15) is 4.79 Å². The summed E-state index contributed by atoms with van der Waals surface area (Å²) in [7, 11) is 0. The lowest BCUT2D eigenvalue weighted by Gasteiger charge is -2.26. The summed E-state index contributed by atoms with van der Waals surface area (Å²) in [5, 5.41) is 8.41. The summed E-state index contributed by atoms with van der Waals surface area (Å²) >= 11 is 1.35. The molecule has 1 N–H and O–H groups in total. The van der Waals surface area contributed by atoms with Crippen molar-refractivity contribution in [2.45, 2.75) is 50.7 Å². The standard InChI is InChI=1S/C26H27N5OS/c1-17-22(15-19-9-4-3-5-10-19)18(2)31-25(27-17)29-26(30-31)33-16-24(32)28-23-14-8-12-20-11-6-7-13-21(20)23/h3-7,9-11,13,23H,8,12,14-16H2,1-2H3,(H,28,32)/t23-/m1/s1. The number of aromatic nitrogens is 4. The summed E-state index contributed by atoms with van der Waals surface area (Å²) in [4.78, 5) is 21.9. The third-order valence-electron chi connectivity index (χ3n) is 6.29. The molecule has 6 nitrogen and oxygen atoms in total. The first-order valence-electron chi connectivity index (χ1n) is 11.4. The summed E-state index contributed by atoms with van der Waals surface area (Å²) in [6.45, 7) is 4.07. The lowest BCUT2D eigenvalue weighted by molar-refractivity contribution is -0.119. The average molecular weight is 458 g/mol. The van der Waals surface area contributed by atoms with Gasteiger partial charge in [-0.1, -0.05) is 66.4 Å². The van der Waals surface area contributed by atoms with Crippen LogP contribution in [-0.4, -0.2) is 31.2 Å². The van der Waals surface area contributed by atoms with Crippen LogP contribution in [0.2, 0.25) is 0 Å². The number of benzene rings is 2. The molecule has 0 aliphatic heterocycles. The minimum atomic E-state index is 0.00573. The molecular formula is C26H27N5OS. The summed E-state index contributed by atoms with van der Waals surface area (Å²) in [6, 6.07) is 18.8. The number of rotatable bonds is 6. The van der Waals surface area contributed by atoms with Crippen molar-refractivity contribution in [2.24, 2.45) is 0 Å². The van der Waals surface area contributed by atoms with E-state index in [1.807, 2.05) is 31.2 Å². The summed E-state index contributed by atoms with van der Waals surface area (Å²) in [6.07, 6.45) is 3.96. The topological polar surface area (TPSA) is 72.2 Å². The molecule has 1 atom stereocenters. The maximum Gasteiger partial charge on any atom is 0.253 e. The van der Waals surface area contributed by atoms with Crippen LogP contribution in [0.3, 0.4) is 0 Å². The van der Waals surface area contributed by atoms with Crippen LogP contribution in [0, 0.1) is 13.8 Å². The normalized spacial score (nSPS) is 15.4. The number of aryl methyl sites for hydroxylation is 3. The average Bonchev–Trinajstić information content (AvgIpc) is 3.24. The van der Waals surface area contributed by atoms with Crippen LogP contribution in [-0.2, 0) is 17.6 Å². The molecule has 1 aliphatic rings. The van der Waals surface area contributed by atoms with E-state index < -0.39 is 0 Å². The van der Waals surface area contributed by atoms with Gasteiger partial charge in [-0.25, -0.2) is 9.50 Å².